The van der Waals surface area contributed by atoms with Crippen molar-refractivity contribution in [3.63, 3.8) is 0 Å². The molecule has 2 aromatic carbocycles. The highest BCUT2D eigenvalue weighted by atomic mass is 16.5. The molecule has 0 radical (unpaired) electrons. The number of hydrogen-bond donors (Lipinski definition) is 1. The number of rotatable bonds is 6. The number of piperazine rings is 1. The molecule has 0 bridgehead atoms. The van der Waals surface area contributed by atoms with Gasteiger partial charge in [0.05, 0.1) is 7.11 Å². The predicted octanol–water partition coefficient (Wildman–Crippen LogP) is 3.09. The van der Waals surface area contributed by atoms with Crippen LogP contribution in [0.2, 0.25) is 0 Å². The average Bonchev–Trinajstić information content (AvgIpc) is 3.39. The van der Waals surface area contributed by atoms with Crippen molar-refractivity contribution in [3.8, 4) is 5.75 Å². The molecule has 2 atom stereocenters. The summed E-state index contributed by atoms with van der Waals surface area (Å²) in [4.78, 5) is 39.0. The normalized spacial score (nSPS) is 22.8. The SMILES string of the molecule is COc1ccc([C@H]2c3[nH]c4ccccc4c3C[C@@H]3C(=O)N(CCCN4CCN(C)CC4)C(=O)N23)cc1. The summed E-state index contributed by atoms with van der Waals surface area (Å²) in [6.07, 6.45) is 1.33. The summed E-state index contributed by atoms with van der Waals surface area (Å²) >= 11 is 0. The Morgan fingerprint density at radius 3 is 2.47 bits per heavy atom. The number of H-pyrrole nitrogens is 1. The number of nitrogens with zero attached hydrogens (tertiary/aromatic N) is 4. The molecule has 6 rings (SSSR count). The standard InChI is InChI=1S/C28H33N5O3/c1-30-14-16-31(17-15-30)12-5-13-32-27(34)24-18-22-21-6-3-4-7-23(21)29-25(22)26(33(24)28(32)35)19-8-10-20(36-2)11-9-19/h3-4,6-11,24,26,29H,5,12-18H2,1-2H3/t24-,26+/m1/s1. The van der Waals surface area contributed by atoms with Crippen LogP contribution in [0.4, 0.5) is 4.79 Å². The van der Waals surface area contributed by atoms with Gasteiger partial charge in [0.15, 0.2) is 0 Å². The van der Waals surface area contributed by atoms with Gasteiger partial charge in [0.2, 0.25) is 0 Å². The van der Waals surface area contributed by atoms with E-state index in [4.69, 9.17) is 4.74 Å². The summed E-state index contributed by atoms with van der Waals surface area (Å²) in [6.45, 7) is 5.56. The summed E-state index contributed by atoms with van der Waals surface area (Å²) in [5.41, 5.74) is 4.13. The summed E-state index contributed by atoms with van der Waals surface area (Å²) in [5, 5.41) is 1.12. The third kappa shape index (κ3) is 3.85. The van der Waals surface area contributed by atoms with Crippen molar-refractivity contribution in [3.05, 3.63) is 65.4 Å². The van der Waals surface area contributed by atoms with Gasteiger partial charge in [0.25, 0.3) is 5.91 Å². The fraction of sp³-hybridized carbons (Fsp3) is 0.429. The summed E-state index contributed by atoms with van der Waals surface area (Å²) in [7, 11) is 3.79. The highest BCUT2D eigenvalue weighted by Gasteiger charge is 2.52. The van der Waals surface area contributed by atoms with E-state index in [1.54, 1.807) is 12.0 Å². The number of imide groups is 1. The van der Waals surface area contributed by atoms with Crippen LogP contribution in [0, 0.1) is 0 Å². The minimum absolute atomic E-state index is 0.0761. The molecule has 3 aromatic rings. The molecule has 0 unspecified atom stereocenters. The number of benzene rings is 2. The van der Waals surface area contributed by atoms with Crippen molar-refractivity contribution in [2.75, 3.05) is 53.4 Å². The molecule has 3 aliphatic rings. The largest absolute Gasteiger partial charge is 0.497 e. The van der Waals surface area contributed by atoms with Crippen LogP contribution < -0.4 is 4.74 Å². The number of carbonyl (C=O) groups is 2. The number of para-hydroxylation sites is 1. The molecule has 3 amide bonds. The van der Waals surface area contributed by atoms with Crippen molar-refractivity contribution in [1.29, 1.82) is 0 Å². The highest BCUT2D eigenvalue weighted by Crippen LogP contribution is 2.44. The van der Waals surface area contributed by atoms with Gasteiger partial charge in [0.1, 0.15) is 17.8 Å². The number of nitrogens with one attached hydrogen (secondary N) is 1. The molecule has 36 heavy (non-hydrogen) atoms. The van der Waals surface area contributed by atoms with Crippen LogP contribution in [0.5, 0.6) is 5.75 Å². The molecule has 0 aliphatic carbocycles. The van der Waals surface area contributed by atoms with Gasteiger partial charge >= 0.3 is 6.03 Å². The van der Waals surface area contributed by atoms with Gasteiger partial charge in [0, 0.05) is 55.7 Å². The first kappa shape index (κ1) is 23.1. The third-order valence-corrected chi connectivity index (χ3v) is 8.02. The van der Waals surface area contributed by atoms with Crippen molar-refractivity contribution in [2.45, 2.75) is 24.9 Å². The highest BCUT2D eigenvalue weighted by molar-refractivity contribution is 6.05. The maximum absolute atomic E-state index is 13.8. The Bertz CT molecular complexity index is 1280. The molecular weight excluding hydrogens is 454 g/mol. The first-order valence-corrected chi connectivity index (χ1v) is 12.8. The molecular formula is C28H33N5O3. The average molecular weight is 488 g/mol. The zero-order chi connectivity index (χ0) is 24.8. The number of carbonyl (C=O) groups excluding carboxylic acids is 2. The third-order valence-electron chi connectivity index (χ3n) is 8.02. The van der Waals surface area contributed by atoms with Gasteiger partial charge in [-0.15, -0.1) is 0 Å². The van der Waals surface area contributed by atoms with Gasteiger partial charge in [-0.25, -0.2) is 4.79 Å². The monoisotopic (exact) mass is 487 g/mol. The lowest BCUT2D eigenvalue weighted by atomic mass is 9.89. The van der Waals surface area contributed by atoms with E-state index in [1.807, 2.05) is 36.4 Å². The maximum atomic E-state index is 13.8. The molecule has 2 fully saturated rings. The predicted molar refractivity (Wildman–Crippen MR) is 138 cm³/mol. The number of ether oxygens (including phenoxy) is 1. The van der Waals surface area contributed by atoms with Gasteiger partial charge in [-0.3, -0.25) is 14.6 Å². The Balaban J connectivity index is 1.30. The summed E-state index contributed by atoms with van der Waals surface area (Å²) in [6, 6.07) is 15.0. The van der Waals surface area contributed by atoms with Crippen LogP contribution in [-0.2, 0) is 11.2 Å². The zero-order valence-electron chi connectivity index (χ0n) is 20.9. The second kappa shape index (κ2) is 9.26. The van der Waals surface area contributed by atoms with Gasteiger partial charge < -0.3 is 19.5 Å². The van der Waals surface area contributed by atoms with Gasteiger partial charge in [-0.05, 0) is 49.3 Å². The van der Waals surface area contributed by atoms with E-state index in [9.17, 15) is 9.59 Å². The minimum Gasteiger partial charge on any atom is -0.497 e. The number of amides is 3. The lowest BCUT2D eigenvalue weighted by molar-refractivity contribution is -0.128. The molecule has 4 heterocycles. The quantitative estimate of drug-likeness (QED) is 0.541. The molecule has 2 saturated heterocycles. The Labute approximate surface area is 211 Å². The van der Waals surface area contributed by atoms with E-state index in [2.05, 4.69) is 34.0 Å². The fourth-order valence-electron chi connectivity index (χ4n) is 5.99. The van der Waals surface area contributed by atoms with Crippen molar-refractivity contribution < 1.29 is 14.3 Å². The van der Waals surface area contributed by atoms with Gasteiger partial charge in [-0.1, -0.05) is 30.3 Å². The van der Waals surface area contributed by atoms with Crippen LogP contribution in [0.3, 0.4) is 0 Å². The van der Waals surface area contributed by atoms with E-state index in [1.165, 1.54) is 4.90 Å². The van der Waals surface area contributed by atoms with Crippen LogP contribution in [0.15, 0.2) is 48.5 Å². The second-order valence-corrected chi connectivity index (χ2v) is 10.1. The minimum atomic E-state index is -0.486. The van der Waals surface area contributed by atoms with Gasteiger partial charge in [-0.2, -0.15) is 0 Å². The molecule has 1 aromatic heterocycles. The molecule has 0 saturated carbocycles. The summed E-state index contributed by atoms with van der Waals surface area (Å²) < 4.78 is 5.36. The van der Waals surface area contributed by atoms with Crippen molar-refractivity contribution >= 4 is 22.8 Å². The number of aromatic nitrogens is 1. The number of fused-ring (bicyclic) bond motifs is 4. The fourth-order valence-corrected chi connectivity index (χ4v) is 5.99. The number of aromatic amines is 1. The molecule has 3 aliphatic heterocycles. The van der Waals surface area contributed by atoms with E-state index >= 15 is 0 Å². The molecule has 8 nitrogen and oxygen atoms in total. The van der Waals surface area contributed by atoms with E-state index < -0.39 is 6.04 Å². The lowest BCUT2D eigenvalue weighted by Crippen LogP contribution is -2.45. The second-order valence-electron chi connectivity index (χ2n) is 10.1. The van der Waals surface area contributed by atoms with E-state index in [0.717, 1.165) is 72.6 Å². The first-order valence-electron chi connectivity index (χ1n) is 12.8. The van der Waals surface area contributed by atoms with Crippen molar-refractivity contribution in [1.82, 2.24) is 24.6 Å². The zero-order valence-corrected chi connectivity index (χ0v) is 20.9. The van der Waals surface area contributed by atoms with Crippen LogP contribution in [0.25, 0.3) is 10.9 Å². The molecule has 0 spiro atoms. The Morgan fingerprint density at radius 2 is 1.72 bits per heavy atom. The smallest absolute Gasteiger partial charge is 0.328 e. The number of methoxy groups -OCH3 is 1. The number of urea groups is 1. The topological polar surface area (TPSA) is 72.1 Å². The number of hydrogen-bond acceptors (Lipinski definition) is 5. The molecule has 1 N–H and O–H groups in total. The van der Waals surface area contributed by atoms with E-state index in [0.29, 0.717) is 13.0 Å². The summed E-state index contributed by atoms with van der Waals surface area (Å²) in [5.74, 6) is 0.685. The van der Waals surface area contributed by atoms with Crippen LogP contribution in [0.1, 0.15) is 29.3 Å². The Kier molecular flexibility index (Phi) is 5.93. The van der Waals surface area contributed by atoms with Crippen molar-refractivity contribution in [2.24, 2.45) is 0 Å². The molecule has 8 heteroatoms. The first-order chi connectivity index (χ1) is 17.5. The van der Waals surface area contributed by atoms with Crippen LogP contribution in [-0.4, -0.2) is 96.0 Å². The lowest BCUT2D eigenvalue weighted by Gasteiger charge is -2.36. The maximum Gasteiger partial charge on any atom is 0.328 e. The van der Waals surface area contributed by atoms with Crippen LogP contribution >= 0.6 is 0 Å². The Morgan fingerprint density at radius 1 is 0.972 bits per heavy atom. The number of likely N-dealkylation sites (N-methyl/N-ethyl adjacent to an activating group) is 1. The molecule has 188 valence electrons. The van der Waals surface area contributed by atoms with E-state index in [-0.39, 0.29) is 18.0 Å². The Hall–Kier alpha value is -3.36.